The van der Waals surface area contributed by atoms with Crippen LogP contribution in [0.1, 0.15) is 10.9 Å². The second-order valence-corrected chi connectivity index (χ2v) is 7.22. The van der Waals surface area contributed by atoms with Gasteiger partial charge in [-0.25, -0.2) is 4.79 Å². The van der Waals surface area contributed by atoms with E-state index in [-0.39, 0.29) is 11.4 Å². The second-order valence-electron chi connectivity index (χ2n) is 5.22. The van der Waals surface area contributed by atoms with Gasteiger partial charge in [-0.1, -0.05) is 41.4 Å². The number of para-hydroxylation sites is 1. The summed E-state index contributed by atoms with van der Waals surface area (Å²) in [5, 5.41) is 3.66. The summed E-state index contributed by atoms with van der Waals surface area (Å²) in [6.07, 6.45) is 0. The van der Waals surface area contributed by atoms with Crippen molar-refractivity contribution < 1.29 is 9.53 Å². The van der Waals surface area contributed by atoms with Crippen LogP contribution in [0.15, 0.2) is 42.5 Å². The molecule has 2 aromatic rings. The fourth-order valence-electron chi connectivity index (χ4n) is 2.58. The van der Waals surface area contributed by atoms with Gasteiger partial charge >= 0.3 is 6.03 Å². The summed E-state index contributed by atoms with van der Waals surface area (Å²) in [6.45, 7) is 0.667. The predicted molar refractivity (Wildman–Crippen MR) is 100 cm³/mol. The number of halogens is 2. The SMILES string of the molecule is COc1ccccc1C1SCCN1C(=O)Nc1ccc(Cl)c(Cl)c1. The molecule has 7 heteroatoms. The number of carbonyl (C=O) groups is 1. The minimum atomic E-state index is -0.172. The molecule has 2 amide bonds. The number of benzene rings is 2. The molecule has 24 heavy (non-hydrogen) atoms. The number of amides is 2. The monoisotopic (exact) mass is 382 g/mol. The molecule has 4 nitrogen and oxygen atoms in total. The number of hydrogen-bond donors (Lipinski definition) is 1. The van der Waals surface area contributed by atoms with Crippen molar-refractivity contribution in [2.45, 2.75) is 5.37 Å². The van der Waals surface area contributed by atoms with E-state index in [2.05, 4.69) is 5.32 Å². The molecule has 1 N–H and O–H groups in total. The Labute approximate surface area is 155 Å². The maximum Gasteiger partial charge on any atom is 0.323 e. The average molecular weight is 383 g/mol. The number of carbonyl (C=O) groups excluding carboxylic acids is 1. The number of rotatable bonds is 3. The summed E-state index contributed by atoms with van der Waals surface area (Å²) < 4.78 is 5.43. The van der Waals surface area contributed by atoms with E-state index in [4.69, 9.17) is 27.9 Å². The van der Waals surface area contributed by atoms with E-state index in [0.717, 1.165) is 17.1 Å². The summed E-state index contributed by atoms with van der Waals surface area (Å²) in [5.41, 5.74) is 1.61. The van der Waals surface area contributed by atoms with Crippen LogP contribution in [0.2, 0.25) is 10.0 Å². The van der Waals surface area contributed by atoms with E-state index in [1.165, 1.54) is 0 Å². The second kappa shape index (κ2) is 7.55. The van der Waals surface area contributed by atoms with Gasteiger partial charge in [0.25, 0.3) is 0 Å². The van der Waals surface area contributed by atoms with Gasteiger partial charge in [0.2, 0.25) is 0 Å². The van der Waals surface area contributed by atoms with E-state index >= 15 is 0 Å². The standard InChI is InChI=1S/C17H16Cl2N2O2S/c1-23-15-5-3-2-4-12(15)16-21(8-9-24-16)17(22)20-11-6-7-13(18)14(19)10-11/h2-7,10,16H,8-9H2,1H3,(H,20,22). The van der Waals surface area contributed by atoms with Crippen molar-refractivity contribution >= 4 is 46.7 Å². The van der Waals surface area contributed by atoms with Crippen molar-refractivity contribution in [2.75, 3.05) is 24.7 Å². The number of nitrogens with one attached hydrogen (secondary N) is 1. The van der Waals surface area contributed by atoms with Gasteiger partial charge < -0.3 is 15.0 Å². The fraction of sp³-hybridized carbons (Fsp3) is 0.235. The van der Waals surface area contributed by atoms with Crippen LogP contribution >= 0.6 is 35.0 Å². The largest absolute Gasteiger partial charge is 0.496 e. The zero-order valence-electron chi connectivity index (χ0n) is 13.0. The smallest absolute Gasteiger partial charge is 0.323 e. The molecule has 0 bridgehead atoms. The highest BCUT2D eigenvalue weighted by molar-refractivity contribution is 7.99. The van der Waals surface area contributed by atoms with Gasteiger partial charge in [0.15, 0.2) is 0 Å². The summed E-state index contributed by atoms with van der Waals surface area (Å²) >= 11 is 13.6. The van der Waals surface area contributed by atoms with Crippen molar-refractivity contribution in [1.29, 1.82) is 0 Å². The number of nitrogens with zero attached hydrogens (tertiary/aromatic N) is 1. The van der Waals surface area contributed by atoms with Gasteiger partial charge in [-0.3, -0.25) is 0 Å². The summed E-state index contributed by atoms with van der Waals surface area (Å²) in [7, 11) is 1.64. The number of anilines is 1. The van der Waals surface area contributed by atoms with Crippen molar-refractivity contribution in [3.8, 4) is 5.75 Å². The third kappa shape index (κ3) is 3.58. The van der Waals surface area contributed by atoms with Crippen LogP contribution in [0.4, 0.5) is 10.5 Å². The predicted octanol–water partition coefficient (Wildman–Crippen LogP) is 5.28. The molecule has 1 aliphatic heterocycles. The molecular formula is C17H16Cl2N2O2S. The molecule has 1 unspecified atom stereocenters. The summed E-state index contributed by atoms with van der Waals surface area (Å²) in [4.78, 5) is 14.5. The average Bonchev–Trinajstić information content (AvgIpc) is 3.07. The van der Waals surface area contributed by atoms with Crippen molar-refractivity contribution in [1.82, 2.24) is 4.90 Å². The first-order chi connectivity index (χ1) is 11.6. The summed E-state index contributed by atoms with van der Waals surface area (Å²) in [5.74, 6) is 1.65. The molecule has 1 heterocycles. The summed E-state index contributed by atoms with van der Waals surface area (Å²) in [6, 6.07) is 12.6. The highest BCUT2D eigenvalue weighted by atomic mass is 35.5. The van der Waals surface area contributed by atoms with Crippen LogP contribution in [0.3, 0.4) is 0 Å². The van der Waals surface area contributed by atoms with Gasteiger partial charge in [0.05, 0.1) is 17.2 Å². The third-order valence-electron chi connectivity index (χ3n) is 3.73. The lowest BCUT2D eigenvalue weighted by Gasteiger charge is -2.25. The molecule has 1 aliphatic rings. The van der Waals surface area contributed by atoms with Gasteiger partial charge in [0.1, 0.15) is 11.1 Å². The number of urea groups is 1. The molecule has 2 aromatic carbocycles. The van der Waals surface area contributed by atoms with E-state index < -0.39 is 0 Å². The van der Waals surface area contributed by atoms with Gasteiger partial charge in [-0.2, -0.15) is 0 Å². The topological polar surface area (TPSA) is 41.6 Å². The Morgan fingerprint density at radius 3 is 2.79 bits per heavy atom. The van der Waals surface area contributed by atoms with Crippen molar-refractivity contribution in [2.24, 2.45) is 0 Å². The van der Waals surface area contributed by atoms with Crippen LogP contribution in [0, 0.1) is 0 Å². The quantitative estimate of drug-likeness (QED) is 0.784. The van der Waals surface area contributed by atoms with Gasteiger partial charge in [0, 0.05) is 23.5 Å². The van der Waals surface area contributed by atoms with Gasteiger partial charge in [-0.15, -0.1) is 11.8 Å². The Morgan fingerprint density at radius 1 is 1.25 bits per heavy atom. The molecule has 3 rings (SSSR count). The first kappa shape index (κ1) is 17.3. The highest BCUT2D eigenvalue weighted by Crippen LogP contribution is 2.42. The van der Waals surface area contributed by atoms with Gasteiger partial charge in [-0.05, 0) is 24.3 Å². The maximum absolute atomic E-state index is 12.7. The molecule has 126 valence electrons. The fourth-order valence-corrected chi connectivity index (χ4v) is 4.15. The Bertz CT molecular complexity index is 757. The highest BCUT2D eigenvalue weighted by Gasteiger charge is 2.32. The van der Waals surface area contributed by atoms with E-state index in [9.17, 15) is 4.79 Å². The molecule has 0 radical (unpaired) electrons. The number of ether oxygens (including phenoxy) is 1. The van der Waals surface area contributed by atoms with Crippen molar-refractivity contribution in [3.63, 3.8) is 0 Å². The van der Waals surface area contributed by atoms with Crippen LogP contribution < -0.4 is 10.1 Å². The van der Waals surface area contributed by atoms with E-state index in [1.807, 2.05) is 24.3 Å². The lowest BCUT2D eigenvalue weighted by molar-refractivity contribution is 0.213. The first-order valence-electron chi connectivity index (χ1n) is 7.37. The zero-order valence-corrected chi connectivity index (χ0v) is 15.3. The van der Waals surface area contributed by atoms with Crippen LogP contribution in [-0.2, 0) is 0 Å². The molecule has 0 aromatic heterocycles. The Morgan fingerprint density at radius 2 is 2.04 bits per heavy atom. The third-order valence-corrected chi connectivity index (χ3v) is 5.71. The van der Waals surface area contributed by atoms with Crippen LogP contribution in [-0.4, -0.2) is 30.3 Å². The van der Waals surface area contributed by atoms with Crippen LogP contribution in [0.25, 0.3) is 0 Å². The maximum atomic E-state index is 12.7. The first-order valence-corrected chi connectivity index (χ1v) is 9.18. The number of methoxy groups -OCH3 is 1. The molecular weight excluding hydrogens is 367 g/mol. The number of thioether (sulfide) groups is 1. The normalized spacial score (nSPS) is 17.0. The van der Waals surface area contributed by atoms with E-state index in [0.29, 0.717) is 22.3 Å². The Balaban J connectivity index is 1.79. The molecule has 1 atom stereocenters. The lowest BCUT2D eigenvalue weighted by Crippen LogP contribution is -2.34. The number of hydrogen-bond acceptors (Lipinski definition) is 3. The Kier molecular flexibility index (Phi) is 5.43. The lowest BCUT2D eigenvalue weighted by atomic mass is 10.2. The minimum Gasteiger partial charge on any atom is -0.496 e. The van der Waals surface area contributed by atoms with Crippen molar-refractivity contribution in [3.05, 3.63) is 58.1 Å². The van der Waals surface area contributed by atoms with Crippen LogP contribution in [0.5, 0.6) is 5.75 Å². The minimum absolute atomic E-state index is 0.0797. The molecule has 0 saturated carbocycles. The molecule has 0 aliphatic carbocycles. The molecule has 0 spiro atoms. The molecule has 1 saturated heterocycles. The molecule has 1 fully saturated rings. The Hall–Kier alpha value is -1.56. The zero-order chi connectivity index (χ0) is 17.1. The van der Waals surface area contributed by atoms with E-state index in [1.54, 1.807) is 42.0 Å².